The molecule has 1 saturated carbocycles. The predicted octanol–water partition coefficient (Wildman–Crippen LogP) is 3.47. The Morgan fingerprint density at radius 1 is 1.33 bits per heavy atom. The standard InChI is InChI=1S/C17H19F2N3OS/c18-14-5-4-10(7-15(14)19)6-13-9-21-17(24-13)22-16(23)11-2-1-3-12(20)8-11/h4-5,7,9,11-12H,1-3,6,8,20H2,(H,21,22,23). The van der Waals surface area contributed by atoms with Gasteiger partial charge in [-0.05, 0) is 37.0 Å². The van der Waals surface area contributed by atoms with E-state index >= 15 is 0 Å². The Balaban J connectivity index is 1.60. The van der Waals surface area contributed by atoms with Crippen molar-refractivity contribution >= 4 is 22.4 Å². The molecule has 3 rings (SSSR count). The van der Waals surface area contributed by atoms with E-state index in [0.717, 1.165) is 30.2 Å². The Morgan fingerprint density at radius 3 is 2.92 bits per heavy atom. The Labute approximate surface area is 143 Å². The molecule has 1 aliphatic carbocycles. The van der Waals surface area contributed by atoms with Gasteiger partial charge >= 0.3 is 0 Å². The van der Waals surface area contributed by atoms with Crippen molar-refractivity contribution in [2.24, 2.45) is 11.7 Å². The molecule has 1 aliphatic rings. The second-order valence-corrected chi connectivity index (χ2v) is 7.29. The van der Waals surface area contributed by atoms with Crippen molar-refractivity contribution in [2.75, 3.05) is 5.32 Å². The first-order valence-electron chi connectivity index (χ1n) is 7.96. The molecular formula is C17H19F2N3OS. The molecule has 2 unspecified atom stereocenters. The van der Waals surface area contributed by atoms with Crippen molar-refractivity contribution in [3.63, 3.8) is 0 Å². The summed E-state index contributed by atoms with van der Waals surface area (Å²) in [6, 6.07) is 3.92. The summed E-state index contributed by atoms with van der Waals surface area (Å²) in [6.07, 6.45) is 5.59. The van der Waals surface area contributed by atoms with Crippen LogP contribution in [0.3, 0.4) is 0 Å². The highest BCUT2D eigenvalue weighted by atomic mass is 32.1. The van der Waals surface area contributed by atoms with Crippen LogP contribution in [-0.4, -0.2) is 16.9 Å². The minimum Gasteiger partial charge on any atom is -0.328 e. The van der Waals surface area contributed by atoms with E-state index in [2.05, 4.69) is 10.3 Å². The Morgan fingerprint density at radius 2 is 2.17 bits per heavy atom. The van der Waals surface area contributed by atoms with Gasteiger partial charge in [0.1, 0.15) is 0 Å². The van der Waals surface area contributed by atoms with Crippen molar-refractivity contribution in [2.45, 2.75) is 38.1 Å². The summed E-state index contributed by atoms with van der Waals surface area (Å²) in [5.41, 5.74) is 6.58. The first-order valence-corrected chi connectivity index (χ1v) is 8.78. The minimum absolute atomic E-state index is 0.0427. The Kier molecular flexibility index (Phi) is 5.20. The van der Waals surface area contributed by atoms with Gasteiger partial charge in [0.15, 0.2) is 16.8 Å². The van der Waals surface area contributed by atoms with Gasteiger partial charge in [0, 0.05) is 29.5 Å². The van der Waals surface area contributed by atoms with Crippen molar-refractivity contribution in [3.8, 4) is 0 Å². The third-order valence-electron chi connectivity index (χ3n) is 4.23. The molecule has 1 aromatic carbocycles. The number of anilines is 1. The minimum atomic E-state index is -0.862. The zero-order valence-corrected chi connectivity index (χ0v) is 13.9. The summed E-state index contributed by atoms with van der Waals surface area (Å²) in [5, 5.41) is 3.36. The van der Waals surface area contributed by atoms with Gasteiger partial charge in [-0.15, -0.1) is 11.3 Å². The maximum Gasteiger partial charge on any atom is 0.229 e. The lowest BCUT2D eigenvalue weighted by molar-refractivity contribution is -0.120. The van der Waals surface area contributed by atoms with E-state index in [9.17, 15) is 13.6 Å². The summed E-state index contributed by atoms with van der Waals surface area (Å²) in [5.74, 6) is -1.83. The average Bonchev–Trinajstić information content (AvgIpc) is 2.98. The van der Waals surface area contributed by atoms with Crippen LogP contribution in [0.15, 0.2) is 24.4 Å². The maximum atomic E-state index is 13.2. The monoisotopic (exact) mass is 351 g/mol. The van der Waals surface area contributed by atoms with Gasteiger partial charge in [-0.2, -0.15) is 0 Å². The van der Waals surface area contributed by atoms with Gasteiger partial charge in [0.2, 0.25) is 5.91 Å². The second kappa shape index (κ2) is 7.36. The summed E-state index contributed by atoms with van der Waals surface area (Å²) < 4.78 is 26.2. The number of aromatic nitrogens is 1. The highest BCUT2D eigenvalue weighted by molar-refractivity contribution is 7.15. The molecule has 0 aliphatic heterocycles. The van der Waals surface area contributed by atoms with E-state index in [4.69, 9.17) is 5.73 Å². The highest BCUT2D eigenvalue weighted by Gasteiger charge is 2.25. The molecule has 1 amide bonds. The van der Waals surface area contributed by atoms with Crippen LogP contribution in [0.5, 0.6) is 0 Å². The summed E-state index contributed by atoms with van der Waals surface area (Å²) in [6.45, 7) is 0. The van der Waals surface area contributed by atoms with Crippen molar-refractivity contribution < 1.29 is 13.6 Å². The lowest BCUT2D eigenvalue weighted by Gasteiger charge is -2.25. The van der Waals surface area contributed by atoms with Gasteiger partial charge in [0.25, 0.3) is 0 Å². The van der Waals surface area contributed by atoms with E-state index in [0.29, 0.717) is 23.5 Å². The largest absolute Gasteiger partial charge is 0.328 e. The molecule has 4 nitrogen and oxygen atoms in total. The molecule has 3 N–H and O–H groups in total. The fourth-order valence-electron chi connectivity index (χ4n) is 2.97. The first kappa shape index (κ1) is 17.0. The smallest absolute Gasteiger partial charge is 0.229 e. The zero-order valence-electron chi connectivity index (χ0n) is 13.1. The lowest BCUT2D eigenvalue weighted by Crippen LogP contribution is -2.34. The van der Waals surface area contributed by atoms with Gasteiger partial charge in [0.05, 0.1) is 0 Å². The van der Waals surface area contributed by atoms with Gasteiger partial charge < -0.3 is 11.1 Å². The fraction of sp³-hybridized carbons (Fsp3) is 0.412. The maximum absolute atomic E-state index is 13.2. The number of carbonyl (C=O) groups is 1. The average molecular weight is 351 g/mol. The predicted molar refractivity (Wildman–Crippen MR) is 89.8 cm³/mol. The number of thiazole rings is 1. The Bertz CT molecular complexity index is 734. The number of carbonyl (C=O) groups excluding carboxylic acids is 1. The number of nitrogens with two attached hydrogens (primary N) is 1. The lowest BCUT2D eigenvalue weighted by atomic mass is 9.86. The number of amides is 1. The Hall–Kier alpha value is -1.86. The van der Waals surface area contributed by atoms with E-state index in [-0.39, 0.29) is 17.9 Å². The van der Waals surface area contributed by atoms with E-state index in [1.165, 1.54) is 17.4 Å². The number of benzene rings is 1. The van der Waals surface area contributed by atoms with Crippen LogP contribution in [0.1, 0.15) is 36.1 Å². The molecule has 2 atom stereocenters. The summed E-state index contributed by atoms with van der Waals surface area (Å²) in [4.78, 5) is 17.3. The van der Waals surface area contributed by atoms with Crippen LogP contribution < -0.4 is 11.1 Å². The molecule has 7 heteroatoms. The normalized spacial score (nSPS) is 20.8. The third-order valence-corrected chi connectivity index (χ3v) is 5.14. The molecule has 24 heavy (non-hydrogen) atoms. The SMILES string of the molecule is NC1CCCC(C(=O)Nc2ncc(Cc3ccc(F)c(F)c3)s2)C1. The number of hydrogen-bond acceptors (Lipinski definition) is 4. The second-order valence-electron chi connectivity index (χ2n) is 6.17. The molecule has 1 heterocycles. The van der Waals surface area contributed by atoms with Crippen LogP contribution in [0.4, 0.5) is 13.9 Å². The number of rotatable bonds is 4. The molecule has 0 radical (unpaired) electrons. The van der Waals surface area contributed by atoms with E-state index in [1.807, 2.05) is 0 Å². The topological polar surface area (TPSA) is 68.0 Å². The third kappa shape index (κ3) is 4.15. The van der Waals surface area contributed by atoms with Gasteiger partial charge in [-0.1, -0.05) is 12.5 Å². The highest BCUT2D eigenvalue weighted by Crippen LogP contribution is 2.26. The molecule has 0 saturated heterocycles. The molecule has 1 fully saturated rings. The molecule has 1 aromatic heterocycles. The number of nitrogens with one attached hydrogen (secondary N) is 1. The summed E-state index contributed by atoms with van der Waals surface area (Å²) in [7, 11) is 0. The molecule has 0 spiro atoms. The van der Waals surface area contributed by atoms with Gasteiger partial charge in [-0.25, -0.2) is 13.8 Å². The van der Waals surface area contributed by atoms with Crippen LogP contribution >= 0.6 is 11.3 Å². The first-order chi connectivity index (χ1) is 11.5. The van der Waals surface area contributed by atoms with Crippen molar-refractivity contribution in [3.05, 3.63) is 46.5 Å². The fourth-order valence-corrected chi connectivity index (χ4v) is 3.82. The molecular weight excluding hydrogens is 332 g/mol. The van der Waals surface area contributed by atoms with E-state index in [1.54, 1.807) is 12.3 Å². The number of halogens is 2. The molecule has 2 aromatic rings. The quantitative estimate of drug-likeness (QED) is 0.886. The van der Waals surface area contributed by atoms with Crippen molar-refractivity contribution in [1.82, 2.24) is 4.98 Å². The van der Waals surface area contributed by atoms with Crippen LogP contribution in [0.2, 0.25) is 0 Å². The van der Waals surface area contributed by atoms with Crippen LogP contribution in [-0.2, 0) is 11.2 Å². The zero-order chi connectivity index (χ0) is 17.1. The number of nitrogens with zero attached hydrogens (tertiary/aromatic N) is 1. The number of hydrogen-bond donors (Lipinski definition) is 2. The summed E-state index contributed by atoms with van der Waals surface area (Å²) >= 11 is 1.34. The molecule has 0 bridgehead atoms. The van der Waals surface area contributed by atoms with Crippen molar-refractivity contribution in [1.29, 1.82) is 0 Å². The van der Waals surface area contributed by atoms with E-state index < -0.39 is 11.6 Å². The van der Waals surface area contributed by atoms with Crippen LogP contribution in [0, 0.1) is 17.6 Å². The van der Waals surface area contributed by atoms with Gasteiger partial charge in [-0.3, -0.25) is 4.79 Å². The van der Waals surface area contributed by atoms with Crippen LogP contribution in [0.25, 0.3) is 0 Å². The molecule has 128 valence electrons.